The summed E-state index contributed by atoms with van der Waals surface area (Å²) >= 11 is 4.79. The maximum atomic E-state index is 12.5. The zero-order chi connectivity index (χ0) is 16.3. The molecule has 0 saturated carbocycles. The van der Waals surface area contributed by atoms with Crippen LogP contribution in [-0.2, 0) is 15.9 Å². The molecule has 1 aromatic rings. The second-order valence-electron chi connectivity index (χ2n) is 6.42. The second kappa shape index (κ2) is 7.11. The number of amides is 1. The summed E-state index contributed by atoms with van der Waals surface area (Å²) in [5.41, 5.74) is -0.486. The Kier molecular flexibility index (Phi) is 5.64. The van der Waals surface area contributed by atoms with Gasteiger partial charge in [0.25, 0.3) is 0 Å². The van der Waals surface area contributed by atoms with Crippen molar-refractivity contribution in [1.29, 1.82) is 0 Å². The van der Waals surface area contributed by atoms with Gasteiger partial charge in [-0.05, 0) is 56.2 Å². The zero-order valence-electron chi connectivity index (χ0n) is 13.2. The van der Waals surface area contributed by atoms with Gasteiger partial charge in [0.2, 0.25) is 0 Å². The lowest BCUT2D eigenvalue weighted by atomic mass is 10.1. The SMILES string of the molecule is CC(C)(C)OC(=O)N1CCC([S+]([O-])c2ccc(Cl)cc2)CC1. The molecular weight excluding hydrogens is 322 g/mol. The zero-order valence-corrected chi connectivity index (χ0v) is 14.7. The first-order valence-corrected chi connectivity index (χ1v) is 8.99. The van der Waals surface area contributed by atoms with Crippen molar-refractivity contribution >= 4 is 28.9 Å². The smallest absolute Gasteiger partial charge is 0.410 e. The van der Waals surface area contributed by atoms with E-state index in [-0.39, 0.29) is 11.3 Å². The Morgan fingerprint density at radius 2 is 1.82 bits per heavy atom. The molecule has 1 aliphatic heterocycles. The van der Waals surface area contributed by atoms with Crippen molar-refractivity contribution in [3.63, 3.8) is 0 Å². The first-order valence-electron chi connectivity index (χ1n) is 7.40. The molecule has 1 atom stereocenters. The highest BCUT2D eigenvalue weighted by molar-refractivity contribution is 7.92. The van der Waals surface area contributed by atoms with E-state index in [0.29, 0.717) is 31.0 Å². The van der Waals surface area contributed by atoms with Gasteiger partial charge in [0, 0.05) is 31.0 Å². The molecular formula is C16H22ClNO3S. The topological polar surface area (TPSA) is 52.6 Å². The van der Waals surface area contributed by atoms with Gasteiger partial charge in [0.15, 0.2) is 4.90 Å². The highest BCUT2D eigenvalue weighted by atomic mass is 35.5. The van der Waals surface area contributed by atoms with Crippen LogP contribution in [0.15, 0.2) is 29.2 Å². The van der Waals surface area contributed by atoms with E-state index >= 15 is 0 Å². The maximum absolute atomic E-state index is 12.5. The minimum atomic E-state index is -1.06. The number of nitrogens with zero attached hydrogens (tertiary/aromatic N) is 1. The van der Waals surface area contributed by atoms with E-state index in [1.165, 1.54) is 0 Å². The molecule has 1 aliphatic rings. The largest absolute Gasteiger partial charge is 0.611 e. The number of piperidine rings is 1. The lowest BCUT2D eigenvalue weighted by molar-refractivity contribution is 0.0217. The minimum Gasteiger partial charge on any atom is -0.611 e. The molecule has 1 amide bonds. The van der Waals surface area contributed by atoms with E-state index in [0.717, 1.165) is 4.90 Å². The molecule has 4 nitrogen and oxygen atoms in total. The summed E-state index contributed by atoms with van der Waals surface area (Å²) in [6.45, 7) is 6.73. The molecule has 0 spiro atoms. The van der Waals surface area contributed by atoms with Crippen LogP contribution in [-0.4, -0.2) is 39.5 Å². The highest BCUT2D eigenvalue weighted by Gasteiger charge is 2.33. The van der Waals surface area contributed by atoms with Crippen LogP contribution < -0.4 is 0 Å². The Morgan fingerprint density at radius 1 is 1.27 bits per heavy atom. The normalized spacial score (nSPS) is 18.1. The van der Waals surface area contributed by atoms with Gasteiger partial charge >= 0.3 is 6.09 Å². The quantitative estimate of drug-likeness (QED) is 0.766. The molecule has 122 valence electrons. The van der Waals surface area contributed by atoms with Crippen LogP contribution in [0, 0.1) is 0 Å². The Bertz CT molecular complexity index is 507. The van der Waals surface area contributed by atoms with Gasteiger partial charge in [-0.25, -0.2) is 4.79 Å². The van der Waals surface area contributed by atoms with Crippen LogP contribution in [0.25, 0.3) is 0 Å². The molecule has 1 heterocycles. The fraction of sp³-hybridized carbons (Fsp3) is 0.562. The van der Waals surface area contributed by atoms with Crippen molar-refractivity contribution in [2.75, 3.05) is 13.1 Å². The van der Waals surface area contributed by atoms with Gasteiger partial charge in [-0.2, -0.15) is 0 Å². The van der Waals surface area contributed by atoms with Crippen molar-refractivity contribution in [2.45, 2.75) is 49.4 Å². The second-order valence-corrected chi connectivity index (χ2v) is 8.59. The standard InChI is InChI=1S/C16H22ClNO3S/c1-16(2,3)21-15(19)18-10-8-14(9-11-18)22(20)13-6-4-12(17)5-7-13/h4-7,14H,8-11H2,1-3H3. The van der Waals surface area contributed by atoms with E-state index in [9.17, 15) is 9.35 Å². The summed E-state index contributed by atoms with van der Waals surface area (Å²) in [5.74, 6) is 0. The summed E-state index contributed by atoms with van der Waals surface area (Å²) in [4.78, 5) is 14.5. The molecule has 6 heteroatoms. The Hall–Kier alpha value is -0.910. The fourth-order valence-corrected chi connectivity index (χ4v) is 3.89. The lowest BCUT2D eigenvalue weighted by Crippen LogP contribution is -2.44. The summed E-state index contributed by atoms with van der Waals surface area (Å²) in [5, 5.41) is 0.709. The third-order valence-corrected chi connectivity index (χ3v) is 5.51. The van der Waals surface area contributed by atoms with E-state index in [1.807, 2.05) is 20.8 Å². The van der Waals surface area contributed by atoms with E-state index in [4.69, 9.17) is 16.3 Å². The molecule has 0 aromatic heterocycles. The number of carbonyl (C=O) groups excluding carboxylic acids is 1. The summed E-state index contributed by atoms with van der Waals surface area (Å²) < 4.78 is 17.9. The average Bonchev–Trinajstić information content (AvgIpc) is 2.46. The first-order chi connectivity index (χ1) is 10.3. The number of halogens is 1. The molecule has 0 aliphatic carbocycles. The number of hydrogen-bond donors (Lipinski definition) is 0. The van der Waals surface area contributed by atoms with Crippen molar-refractivity contribution in [2.24, 2.45) is 0 Å². The van der Waals surface area contributed by atoms with Crippen LogP contribution in [0.3, 0.4) is 0 Å². The average molecular weight is 344 g/mol. The molecule has 22 heavy (non-hydrogen) atoms. The van der Waals surface area contributed by atoms with Gasteiger partial charge < -0.3 is 14.2 Å². The number of ether oxygens (including phenoxy) is 1. The van der Waals surface area contributed by atoms with Crippen LogP contribution in [0.4, 0.5) is 4.79 Å². The minimum absolute atomic E-state index is 0.0693. The number of benzene rings is 1. The summed E-state index contributed by atoms with van der Waals surface area (Å²) in [7, 11) is 0. The Balaban J connectivity index is 1.89. The third-order valence-electron chi connectivity index (χ3n) is 3.44. The van der Waals surface area contributed by atoms with E-state index in [2.05, 4.69) is 0 Å². The highest BCUT2D eigenvalue weighted by Crippen LogP contribution is 2.26. The maximum Gasteiger partial charge on any atom is 0.410 e. The van der Waals surface area contributed by atoms with Crippen molar-refractivity contribution in [3.05, 3.63) is 29.3 Å². The van der Waals surface area contributed by atoms with E-state index < -0.39 is 16.8 Å². The number of likely N-dealkylation sites (tertiary alicyclic amines) is 1. The van der Waals surface area contributed by atoms with Crippen LogP contribution in [0.5, 0.6) is 0 Å². The molecule has 1 fully saturated rings. The van der Waals surface area contributed by atoms with Crippen molar-refractivity contribution < 1.29 is 14.1 Å². The van der Waals surface area contributed by atoms with Crippen molar-refractivity contribution in [1.82, 2.24) is 4.90 Å². The lowest BCUT2D eigenvalue weighted by Gasteiger charge is -2.33. The third kappa shape index (κ3) is 4.80. The molecule has 1 aromatic carbocycles. The molecule has 0 bridgehead atoms. The Morgan fingerprint density at radius 3 is 2.32 bits per heavy atom. The Labute approximate surface area is 140 Å². The van der Waals surface area contributed by atoms with Gasteiger partial charge in [-0.1, -0.05) is 11.6 Å². The van der Waals surface area contributed by atoms with Crippen LogP contribution in [0.2, 0.25) is 5.02 Å². The van der Waals surface area contributed by atoms with Crippen LogP contribution >= 0.6 is 11.6 Å². The van der Waals surface area contributed by atoms with Crippen molar-refractivity contribution in [3.8, 4) is 0 Å². The number of rotatable bonds is 2. The van der Waals surface area contributed by atoms with E-state index in [1.54, 1.807) is 29.2 Å². The predicted molar refractivity (Wildman–Crippen MR) is 88.7 cm³/mol. The number of hydrogen-bond acceptors (Lipinski definition) is 3. The predicted octanol–water partition coefficient (Wildman–Crippen LogP) is 3.85. The molecule has 0 radical (unpaired) electrons. The van der Waals surface area contributed by atoms with Gasteiger partial charge in [-0.15, -0.1) is 0 Å². The molecule has 2 rings (SSSR count). The molecule has 1 saturated heterocycles. The summed E-state index contributed by atoms with van der Waals surface area (Å²) in [6.07, 6.45) is 1.14. The van der Waals surface area contributed by atoms with Crippen LogP contribution in [0.1, 0.15) is 33.6 Å². The van der Waals surface area contributed by atoms with Gasteiger partial charge in [0.1, 0.15) is 10.9 Å². The summed E-state index contributed by atoms with van der Waals surface area (Å²) in [6, 6.07) is 7.12. The monoisotopic (exact) mass is 343 g/mol. The number of carbonyl (C=O) groups is 1. The fourth-order valence-electron chi connectivity index (χ4n) is 2.34. The molecule has 0 N–H and O–H groups in total. The molecule has 1 unspecified atom stereocenters. The van der Waals surface area contributed by atoms with Gasteiger partial charge in [-0.3, -0.25) is 0 Å². The van der Waals surface area contributed by atoms with Gasteiger partial charge in [0.05, 0.1) is 0 Å². The first kappa shape index (κ1) is 17.4.